The highest BCUT2D eigenvalue weighted by Gasteiger charge is 2.31. The van der Waals surface area contributed by atoms with E-state index in [2.05, 4.69) is 39.7 Å². The summed E-state index contributed by atoms with van der Waals surface area (Å²) in [6.45, 7) is 5.63. The molecule has 0 fully saturated rings. The molecule has 14 nitrogen and oxygen atoms in total. The first-order valence-corrected chi connectivity index (χ1v) is 24.6. The molecule has 0 saturated carbocycles. The van der Waals surface area contributed by atoms with Crippen LogP contribution in [0.2, 0.25) is 0 Å². The summed E-state index contributed by atoms with van der Waals surface area (Å²) in [5, 5.41) is 0. The average Bonchev–Trinajstić information content (AvgIpc) is 4.19. The van der Waals surface area contributed by atoms with Crippen molar-refractivity contribution in [2.75, 3.05) is 0 Å². The number of rotatable bonds is 16. The molecule has 4 aromatic heterocycles. The zero-order valence-corrected chi connectivity index (χ0v) is 37.9. The van der Waals surface area contributed by atoms with E-state index >= 15 is 0 Å². The van der Waals surface area contributed by atoms with Crippen LogP contribution in [-0.2, 0) is 85.5 Å². The molecule has 0 radical (unpaired) electrons. The molecule has 0 aliphatic carbocycles. The smallest absolute Gasteiger partial charge is 0.243 e. The predicted octanol–water partition coefficient (Wildman–Crippen LogP) is 7.42. The van der Waals surface area contributed by atoms with E-state index in [0.29, 0.717) is 75.2 Å². The van der Waals surface area contributed by atoms with E-state index in [-0.39, 0.29) is 0 Å². The summed E-state index contributed by atoms with van der Waals surface area (Å²) in [5.74, 6) is 0.873. The Hall–Kier alpha value is -6.66. The second-order valence-corrected chi connectivity index (χ2v) is 20.3. The Morgan fingerprint density at radius 1 is 0.470 bits per heavy atom. The van der Waals surface area contributed by atoms with Gasteiger partial charge in [0.1, 0.15) is 5.82 Å². The number of fused-ring (bicyclic) bond motifs is 2. The largest absolute Gasteiger partial charge is 0.348 e. The molecule has 66 heavy (non-hydrogen) atoms. The summed E-state index contributed by atoms with van der Waals surface area (Å²) < 4.78 is 55.8. The van der Waals surface area contributed by atoms with Crippen LogP contribution in [0.15, 0.2) is 181 Å². The fourth-order valence-corrected chi connectivity index (χ4v) is 11.1. The van der Waals surface area contributed by atoms with Crippen molar-refractivity contribution >= 4 is 20.0 Å². The number of aromatic amines is 2. The molecule has 16 heteroatoms. The van der Waals surface area contributed by atoms with Gasteiger partial charge in [0.2, 0.25) is 20.0 Å². The molecule has 0 amide bonds. The second kappa shape index (κ2) is 20.2. The van der Waals surface area contributed by atoms with Gasteiger partial charge >= 0.3 is 0 Å². The molecule has 2 aliphatic heterocycles. The van der Waals surface area contributed by atoms with Crippen molar-refractivity contribution < 1.29 is 16.8 Å². The Balaban J connectivity index is 0.000000166. The molecule has 0 spiro atoms. The topological polar surface area (TPSA) is 164 Å². The standard InChI is InChI=1S/C27H26N4O2S.C23H24N6O2S/c32-34(33,31-18-23-7-1-2-8-24(23)19-31)27-13-11-22(12-14-27)17-30(20-25-9-3-5-15-28-25)21-26-10-4-6-16-29-26;30-32(31,29-13-19-3-1-2-4-20(19)14-29)22-7-5-18(6-8-22)12-28(15-21-11-24-17-27-21)16-23-25-9-10-26-23/h1-16H,17-21H2;1-11,17H,12-16H2,(H,24,27)(H,25,26). The minimum absolute atomic E-state index is 0.320. The van der Waals surface area contributed by atoms with Gasteiger partial charge in [0.25, 0.3) is 0 Å². The van der Waals surface area contributed by atoms with Crippen LogP contribution in [0.4, 0.5) is 0 Å². The van der Waals surface area contributed by atoms with Crippen LogP contribution in [0.1, 0.15) is 56.3 Å². The third-order valence-corrected chi connectivity index (χ3v) is 15.3. The lowest BCUT2D eigenvalue weighted by Gasteiger charge is -2.22. The number of benzene rings is 4. The lowest BCUT2D eigenvalue weighted by atomic mass is 10.1. The second-order valence-electron chi connectivity index (χ2n) is 16.4. The number of nitrogens with zero attached hydrogens (tertiary/aromatic N) is 8. The van der Waals surface area contributed by atoms with E-state index in [1.165, 1.54) is 4.31 Å². The number of H-pyrrole nitrogens is 2. The number of imidazole rings is 2. The third kappa shape index (κ3) is 10.9. The van der Waals surface area contributed by atoms with E-state index in [1.54, 1.807) is 65.9 Å². The highest BCUT2D eigenvalue weighted by molar-refractivity contribution is 7.89. The monoisotopic (exact) mass is 918 g/mol. The maximum absolute atomic E-state index is 13.2. The Kier molecular flexibility index (Phi) is 13.7. The molecule has 8 aromatic rings. The summed E-state index contributed by atoms with van der Waals surface area (Å²) in [7, 11) is -7.09. The maximum Gasteiger partial charge on any atom is 0.243 e. The minimum Gasteiger partial charge on any atom is -0.348 e. The number of hydrogen-bond donors (Lipinski definition) is 2. The fourth-order valence-electron chi connectivity index (χ4n) is 8.28. The van der Waals surface area contributed by atoms with Gasteiger partial charge in [-0.3, -0.25) is 19.8 Å². The van der Waals surface area contributed by atoms with Crippen LogP contribution in [0.25, 0.3) is 0 Å². The predicted molar refractivity (Wildman–Crippen MR) is 250 cm³/mol. The van der Waals surface area contributed by atoms with Crippen molar-refractivity contribution in [2.24, 2.45) is 0 Å². The van der Waals surface area contributed by atoms with Crippen molar-refractivity contribution in [1.82, 2.24) is 48.3 Å². The number of sulfonamides is 2. The van der Waals surface area contributed by atoms with Gasteiger partial charge in [0.15, 0.2) is 0 Å². The summed E-state index contributed by atoms with van der Waals surface area (Å²) in [6, 6.07) is 42.0. The molecule has 6 heterocycles. The van der Waals surface area contributed by atoms with E-state index in [0.717, 1.165) is 56.3 Å². The van der Waals surface area contributed by atoms with Crippen molar-refractivity contribution in [3.8, 4) is 0 Å². The molecule has 10 rings (SSSR count). The van der Waals surface area contributed by atoms with Gasteiger partial charge in [-0.05, 0) is 81.9 Å². The van der Waals surface area contributed by atoms with Gasteiger partial charge < -0.3 is 9.97 Å². The van der Waals surface area contributed by atoms with E-state index in [1.807, 2.05) is 109 Å². The van der Waals surface area contributed by atoms with Gasteiger partial charge in [0, 0.05) is 95.6 Å². The van der Waals surface area contributed by atoms with Crippen molar-refractivity contribution in [2.45, 2.75) is 75.2 Å². The van der Waals surface area contributed by atoms with Crippen LogP contribution in [0.3, 0.4) is 0 Å². The van der Waals surface area contributed by atoms with Gasteiger partial charge in [-0.1, -0.05) is 84.9 Å². The van der Waals surface area contributed by atoms with Crippen LogP contribution >= 0.6 is 0 Å². The average molecular weight is 919 g/mol. The van der Waals surface area contributed by atoms with Gasteiger partial charge in [-0.25, -0.2) is 26.8 Å². The van der Waals surface area contributed by atoms with Gasteiger partial charge in [-0.15, -0.1) is 0 Å². The molecule has 0 saturated heterocycles. The fraction of sp³-hybridized carbons (Fsp3) is 0.200. The summed E-state index contributed by atoms with van der Waals surface area (Å²) >= 11 is 0. The first-order chi connectivity index (χ1) is 32.2. The number of pyridine rings is 2. The SMILES string of the molecule is O=S(=O)(c1ccc(CN(Cc2ccccn2)Cc2ccccn2)cc1)N1Cc2ccccc2C1.O=S(=O)(c1ccc(CN(Cc2cnc[nH]2)Cc2ncc[nH]2)cc1)N1Cc2ccccc2C1. The van der Waals surface area contributed by atoms with Crippen molar-refractivity contribution in [3.63, 3.8) is 0 Å². The Morgan fingerprint density at radius 3 is 1.32 bits per heavy atom. The van der Waals surface area contributed by atoms with E-state index in [4.69, 9.17) is 0 Å². The number of aromatic nitrogens is 6. The molecule has 0 unspecified atom stereocenters. The Bertz CT molecular complexity index is 2900. The van der Waals surface area contributed by atoms with Crippen molar-refractivity contribution in [1.29, 1.82) is 0 Å². The first kappa shape index (κ1) is 44.5. The summed E-state index contributed by atoms with van der Waals surface area (Å²) in [5.41, 5.74) is 9.31. The summed E-state index contributed by atoms with van der Waals surface area (Å²) in [6.07, 6.45) is 10.6. The van der Waals surface area contributed by atoms with Gasteiger partial charge in [-0.2, -0.15) is 8.61 Å². The molecule has 0 bridgehead atoms. The highest BCUT2D eigenvalue weighted by Crippen LogP contribution is 2.30. The van der Waals surface area contributed by atoms with Crippen LogP contribution in [-0.4, -0.2) is 65.1 Å². The molecule has 336 valence electrons. The highest BCUT2D eigenvalue weighted by atomic mass is 32.2. The van der Waals surface area contributed by atoms with E-state index in [9.17, 15) is 16.8 Å². The first-order valence-electron chi connectivity index (χ1n) is 21.7. The third-order valence-electron chi connectivity index (χ3n) is 11.7. The molecule has 0 atom stereocenters. The molecule has 2 aliphatic rings. The molecular formula is C50H50N10O4S2. The Labute approximate surface area is 385 Å². The maximum atomic E-state index is 13.2. The zero-order valence-electron chi connectivity index (χ0n) is 36.3. The van der Waals surface area contributed by atoms with Crippen molar-refractivity contribution in [3.05, 3.63) is 227 Å². The van der Waals surface area contributed by atoms with Crippen LogP contribution in [0.5, 0.6) is 0 Å². The molecule has 2 N–H and O–H groups in total. The van der Waals surface area contributed by atoms with Gasteiger partial charge in [0.05, 0.1) is 34.1 Å². The zero-order chi connectivity index (χ0) is 45.4. The lowest BCUT2D eigenvalue weighted by Crippen LogP contribution is -2.26. The molecule has 4 aromatic carbocycles. The minimum atomic E-state index is -3.55. The Morgan fingerprint density at radius 2 is 0.924 bits per heavy atom. The van der Waals surface area contributed by atoms with E-state index < -0.39 is 20.0 Å². The normalized spacial score (nSPS) is 14.0. The molecular weight excluding hydrogens is 869 g/mol. The van der Waals surface area contributed by atoms with Crippen LogP contribution < -0.4 is 0 Å². The quantitative estimate of drug-likeness (QED) is 0.0997. The lowest BCUT2D eigenvalue weighted by molar-refractivity contribution is 0.239. The summed E-state index contributed by atoms with van der Waals surface area (Å²) in [4.78, 5) is 28.7. The number of nitrogens with one attached hydrogen (secondary N) is 2. The van der Waals surface area contributed by atoms with Crippen LogP contribution in [0, 0.1) is 0 Å². The number of hydrogen-bond acceptors (Lipinski definition) is 10.